The minimum Gasteiger partial charge on any atom is -0.0622 e. The highest BCUT2D eigenvalue weighted by Gasteiger charge is 2.31. The van der Waals surface area contributed by atoms with Gasteiger partial charge in [0.2, 0.25) is 0 Å². The van der Waals surface area contributed by atoms with Crippen LogP contribution in [0, 0.1) is 0 Å². The monoisotopic (exact) mass is 250 g/mol. The highest BCUT2D eigenvalue weighted by Crippen LogP contribution is 2.48. The molecule has 0 amide bonds. The molecule has 0 heterocycles. The Morgan fingerprint density at radius 3 is 2.11 bits per heavy atom. The van der Waals surface area contributed by atoms with E-state index in [0.29, 0.717) is 0 Å². The van der Waals surface area contributed by atoms with Crippen molar-refractivity contribution in [3.63, 3.8) is 0 Å². The lowest BCUT2D eigenvalue weighted by molar-refractivity contribution is 0.583. The van der Waals surface area contributed by atoms with Gasteiger partial charge in [-0.25, -0.2) is 0 Å². The maximum Gasteiger partial charge on any atom is -0.0129 e. The Balaban J connectivity index is 2.20. The number of hydrogen-bond donors (Lipinski definition) is 0. The number of rotatable bonds is 2. The van der Waals surface area contributed by atoms with Crippen LogP contribution in [0.3, 0.4) is 0 Å². The van der Waals surface area contributed by atoms with Crippen LogP contribution in [0.25, 0.3) is 11.1 Å². The molecule has 2 aromatic carbocycles. The Kier molecular flexibility index (Phi) is 2.97. The van der Waals surface area contributed by atoms with Gasteiger partial charge in [0.05, 0.1) is 0 Å². The average molecular weight is 250 g/mol. The fourth-order valence-corrected chi connectivity index (χ4v) is 2.90. The van der Waals surface area contributed by atoms with Crippen molar-refractivity contribution in [2.24, 2.45) is 0 Å². The fourth-order valence-electron chi connectivity index (χ4n) is 2.90. The van der Waals surface area contributed by atoms with Crippen LogP contribution in [0.15, 0.2) is 48.5 Å². The van der Waals surface area contributed by atoms with Gasteiger partial charge in [-0.3, -0.25) is 0 Å². The van der Waals surface area contributed by atoms with Gasteiger partial charge >= 0.3 is 0 Å². The van der Waals surface area contributed by atoms with Gasteiger partial charge in [0.25, 0.3) is 0 Å². The van der Waals surface area contributed by atoms with E-state index in [0.717, 1.165) is 5.92 Å². The minimum absolute atomic E-state index is 0.225. The van der Waals surface area contributed by atoms with Crippen molar-refractivity contribution in [2.75, 3.05) is 0 Å². The first-order chi connectivity index (χ1) is 9.07. The largest absolute Gasteiger partial charge is 0.0622 e. The van der Waals surface area contributed by atoms with E-state index in [1.807, 2.05) is 0 Å². The van der Waals surface area contributed by atoms with Crippen LogP contribution in [-0.2, 0) is 5.41 Å². The molecule has 0 nitrogen and oxygen atoms in total. The van der Waals surface area contributed by atoms with Crippen molar-refractivity contribution in [3.8, 4) is 11.1 Å². The molecule has 19 heavy (non-hydrogen) atoms. The van der Waals surface area contributed by atoms with Gasteiger partial charge < -0.3 is 0 Å². The summed E-state index contributed by atoms with van der Waals surface area (Å²) >= 11 is 0. The molecule has 98 valence electrons. The number of hydrogen-bond acceptors (Lipinski definition) is 0. The Bertz CT molecular complexity index is 569. The summed E-state index contributed by atoms with van der Waals surface area (Å²) in [5.41, 5.74) is 6.14. The normalized spacial score (nSPS) is 15.5. The molecule has 1 fully saturated rings. The Morgan fingerprint density at radius 2 is 1.53 bits per heavy atom. The third-order valence-electron chi connectivity index (χ3n) is 3.98. The van der Waals surface area contributed by atoms with E-state index in [1.54, 1.807) is 5.56 Å². The molecule has 0 radical (unpaired) electrons. The molecule has 0 bridgehead atoms. The highest BCUT2D eigenvalue weighted by atomic mass is 14.4. The summed E-state index contributed by atoms with van der Waals surface area (Å²) in [6.07, 6.45) is 2.71. The molecule has 0 saturated heterocycles. The zero-order valence-corrected chi connectivity index (χ0v) is 12.1. The van der Waals surface area contributed by atoms with Crippen molar-refractivity contribution in [1.82, 2.24) is 0 Å². The van der Waals surface area contributed by atoms with E-state index < -0.39 is 0 Å². The van der Waals surface area contributed by atoms with Gasteiger partial charge in [-0.05, 0) is 46.4 Å². The van der Waals surface area contributed by atoms with Crippen molar-refractivity contribution in [3.05, 3.63) is 59.7 Å². The molecule has 0 atom stereocenters. The zero-order valence-electron chi connectivity index (χ0n) is 12.1. The molecule has 0 aliphatic heterocycles. The smallest absolute Gasteiger partial charge is 0.0129 e. The van der Waals surface area contributed by atoms with E-state index in [4.69, 9.17) is 0 Å². The van der Waals surface area contributed by atoms with E-state index in [2.05, 4.69) is 69.3 Å². The van der Waals surface area contributed by atoms with Crippen LogP contribution < -0.4 is 0 Å². The molecule has 0 spiro atoms. The Labute approximate surface area is 116 Å². The second kappa shape index (κ2) is 4.52. The predicted octanol–water partition coefficient (Wildman–Crippen LogP) is 5.53. The van der Waals surface area contributed by atoms with Gasteiger partial charge in [-0.1, -0.05) is 69.3 Å². The molecule has 1 aliphatic rings. The second-order valence-corrected chi connectivity index (χ2v) is 6.66. The van der Waals surface area contributed by atoms with Crippen LogP contribution in [-0.4, -0.2) is 0 Å². The molecule has 0 N–H and O–H groups in total. The van der Waals surface area contributed by atoms with Crippen molar-refractivity contribution in [1.29, 1.82) is 0 Å². The second-order valence-electron chi connectivity index (χ2n) is 6.66. The third kappa shape index (κ3) is 2.45. The molecular formula is C19H22. The van der Waals surface area contributed by atoms with Gasteiger partial charge in [-0.15, -0.1) is 0 Å². The topological polar surface area (TPSA) is 0 Å². The van der Waals surface area contributed by atoms with Gasteiger partial charge in [-0.2, -0.15) is 0 Å². The fraction of sp³-hybridized carbons (Fsp3) is 0.368. The summed E-state index contributed by atoms with van der Waals surface area (Å²) in [5, 5.41) is 0. The molecule has 0 heteroatoms. The van der Waals surface area contributed by atoms with E-state index in [1.165, 1.54) is 29.5 Å². The molecule has 0 aromatic heterocycles. The first-order valence-corrected chi connectivity index (χ1v) is 7.26. The van der Waals surface area contributed by atoms with Gasteiger partial charge in [0.15, 0.2) is 0 Å². The molecule has 3 rings (SSSR count). The molecule has 2 aromatic rings. The summed E-state index contributed by atoms with van der Waals surface area (Å²) < 4.78 is 0. The van der Waals surface area contributed by atoms with Crippen LogP contribution in [0.1, 0.15) is 50.7 Å². The van der Waals surface area contributed by atoms with E-state index >= 15 is 0 Å². The average Bonchev–Trinajstić information content (AvgIpc) is 3.22. The predicted molar refractivity (Wildman–Crippen MR) is 82.6 cm³/mol. The van der Waals surface area contributed by atoms with Gasteiger partial charge in [0.1, 0.15) is 0 Å². The quantitative estimate of drug-likeness (QED) is 0.657. The van der Waals surface area contributed by atoms with E-state index in [-0.39, 0.29) is 5.41 Å². The highest BCUT2D eigenvalue weighted by molar-refractivity contribution is 5.70. The van der Waals surface area contributed by atoms with Crippen LogP contribution in [0.2, 0.25) is 0 Å². The van der Waals surface area contributed by atoms with Crippen molar-refractivity contribution < 1.29 is 0 Å². The molecule has 1 aliphatic carbocycles. The maximum atomic E-state index is 2.32. The van der Waals surface area contributed by atoms with Crippen molar-refractivity contribution in [2.45, 2.75) is 44.9 Å². The number of benzene rings is 2. The summed E-state index contributed by atoms with van der Waals surface area (Å²) in [7, 11) is 0. The Hall–Kier alpha value is -1.56. The lowest BCUT2D eigenvalue weighted by Crippen LogP contribution is -2.14. The van der Waals surface area contributed by atoms with Gasteiger partial charge in [0, 0.05) is 0 Å². The first-order valence-electron chi connectivity index (χ1n) is 7.26. The zero-order chi connectivity index (χ0) is 13.5. The van der Waals surface area contributed by atoms with Crippen molar-refractivity contribution >= 4 is 0 Å². The summed E-state index contributed by atoms with van der Waals surface area (Å²) in [4.78, 5) is 0. The van der Waals surface area contributed by atoms with Crippen LogP contribution in [0.5, 0.6) is 0 Å². The lowest BCUT2D eigenvalue weighted by Gasteiger charge is -2.25. The van der Waals surface area contributed by atoms with Crippen LogP contribution >= 0.6 is 0 Å². The molecule has 1 saturated carbocycles. The van der Waals surface area contributed by atoms with E-state index in [9.17, 15) is 0 Å². The summed E-state index contributed by atoms with van der Waals surface area (Å²) in [6.45, 7) is 6.97. The summed E-state index contributed by atoms with van der Waals surface area (Å²) in [5.74, 6) is 0.783. The van der Waals surface area contributed by atoms with Crippen LogP contribution in [0.4, 0.5) is 0 Å². The first kappa shape index (κ1) is 12.5. The Morgan fingerprint density at radius 1 is 0.842 bits per heavy atom. The summed E-state index contributed by atoms with van der Waals surface area (Å²) in [6, 6.07) is 17.6. The maximum absolute atomic E-state index is 2.32. The molecule has 0 unspecified atom stereocenters. The minimum atomic E-state index is 0.225. The lowest BCUT2D eigenvalue weighted by atomic mass is 9.79. The third-order valence-corrected chi connectivity index (χ3v) is 3.98. The SMILES string of the molecule is CC(C)(C)c1cccc(-c2ccccc2)c1C1CC1. The molecular weight excluding hydrogens is 228 g/mol. The standard InChI is InChI=1S/C19H22/c1-19(2,3)17-11-7-10-16(18(17)15-12-13-15)14-8-5-4-6-9-14/h4-11,15H,12-13H2,1-3H3.